The average Bonchev–Trinajstić information content (AvgIpc) is 3.06. The number of aldehydes is 1. The second-order valence-electron chi connectivity index (χ2n) is 7.99. The smallest absolute Gasteiger partial charge is 0.152 e. The molecule has 0 amide bonds. The summed E-state index contributed by atoms with van der Waals surface area (Å²) in [7, 11) is 0. The lowest BCUT2D eigenvalue weighted by Crippen LogP contribution is -1.96. The van der Waals surface area contributed by atoms with Crippen LogP contribution in [0.5, 0.6) is 0 Å². The summed E-state index contributed by atoms with van der Waals surface area (Å²) < 4.78 is 2.31. The normalized spacial score (nSPS) is 11.3. The van der Waals surface area contributed by atoms with E-state index < -0.39 is 0 Å². The van der Waals surface area contributed by atoms with Gasteiger partial charge in [-0.3, -0.25) is 4.79 Å². The number of aryl methyl sites for hydroxylation is 2. The molecule has 0 fully saturated rings. The highest BCUT2D eigenvalue weighted by atomic mass is 16.1. The minimum atomic E-state index is 0.873. The van der Waals surface area contributed by atoms with Crippen molar-refractivity contribution in [1.29, 1.82) is 0 Å². The third-order valence-electron chi connectivity index (χ3n) is 5.70. The summed E-state index contributed by atoms with van der Waals surface area (Å²) >= 11 is 0. The first kappa shape index (κ1) is 21.7. The fraction of sp³-hybridized carbons (Fsp3) is 0.640. The van der Waals surface area contributed by atoms with Crippen molar-refractivity contribution in [2.24, 2.45) is 0 Å². The van der Waals surface area contributed by atoms with Gasteiger partial charge in [-0.05, 0) is 30.9 Å². The van der Waals surface area contributed by atoms with Crippen molar-refractivity contribution >= 4 is 17.2 Å². The van der Waals surface area contributed by atoms with Crippen LogP contribution < -0.4 is 0 Å². The van der Waals surface area contributed by atoms with Gasteiger partial charge in [-0.2, -0.15) is 0 Å². The molecule has 0 aliphatic carbocycles. The number of carbonyl (C=O) groups is 1. The van der Waals surface area contributed by atoms with Crippen molar-refractivity contribution < 1.29 is 4.79 Å². The Bertz CT molecular complexity index is 670. The number of hydrogen-bond acceptors (Lipinski definition) is 1. The number of rotatable bonds is 15. The highest BCUT2D eigenvalue weighted by Gasteiger charge is 2.11. The molecule has 0 aliphatic rings. The van der Waals surface area contributed by atoms with Gasteiger partial charge in [0.15, 0.2) is 6.29 Å². The number of benzene rings is 1. The molecule has 2 heteroatoms. The van der Waals surface area contributed by atoms with Crippen LogP contribution in [0.1, 0.15) is 107 Å². The largest absolute Gasteiger partial charge is 0.347 e. The maximum Gasteiger partial charge on any atom is 0.152 e. The highest BCUT2D eigenvalue weighted by molar-refractivity contribution is 5.99. The van der Waals surface area contributed by atoms with Crippen LogP contribution in [-0.2, 0) is 13.0 Å². The van der Waals surface area contributed by atoms with Crippen LogP contribution in [0.25, 0.3) is 10.9 Å². The SMILES string of the molecule is CCCCCCCCc1cccc2c1c(C=O)cn2CCCCCCCC. The van der Waals surface area contributed by atoms with Crippen LogP contribution in [-0.4, -0.2) is 10.9 Å². The Morgan fingerprint density at radius 1 is 0.815 bits per heavy atom. The van der Waals surface area contributed by atoms with Gasteiger partial charge in [0, 0.05) is 29.2 Å². The van der Waals surface area contributed by atoms with Crippen LogP contribution in [0.15, 0.2) is 24.4 Å². The molecule has 0 atom stereocenters. The fourth-order valence-electron chi connectivity index (χ4n) is 4.10. The van der Waals surface area contributed by atoms with Gasteiger partial charge in [0.25, 0.3) is 0 Å². The lowest BCUT2D eigenvalue weighted by atomic mass is 10.00. The lowest BCUT2D eigenvalue weighted by Gasteiger charge is -2.08. The summed E-state index contributed by atoms with van der Waals surface area (Å²) in [6.45, 7) is 5.55. The van der Waals surface area contributed by atoms with Crippen molar-refractivity contribution in [1.82, 2.24) is 4.57 Å². The first-order valence-electron chi connectivity index (χ1n) is 11.4. The third-order valence-corrected chi connectivity index (χ3v) is 5.70. The van der Waals surface area contributed by atoms with E-state index in [0.717, 1.165) is 24.8 Å². The standard InChI is InChI=1S/C25H39NO/c1-3-5-7-9-11-13-16-22-17-15-18-24-25(22)23(21-27)20-26(24)19-14-12-10-8-6-4-2/h15,17-18,20-21H,3-14,16,19H2,1-2H3. The molecular weight excluding hydrogens is 330 g/mol. The summed E-state index contributed by atoms with van der Waals surface area (Å²) in [5.74, 6) is 0. The predicted octanol–water partition coefficient (Wildman–Crippen LogP) is 7.72. The zero-order valence-corrected chi connectivity index (χ0v) is 17.6. The van der Waals surface area contributed by atoms with E-state index in [4.69, 9.17) is 0 Å². The van der Waals surface area contributed by atoms with E-state index in [1.165, 1.54) is 93.5 Å². The molecule has 0 aliphatic heterocycles. The summed E-state index contributed by atoms with van der Waals surface area (Å²) in [6.07, 6.45) is 19.9. The summed E-state index contributed by atoms with van der Waals surface area (Å²) in [6, 6.07) is 6.57. The molecular formula is C25H39NO. The van der Waals surface area contributed by atoms with E-state index in [1.807, 2.05) is 0 Å². The molecule has 1 heterocycles. The van der Waals surface area contributed by atoms with Crippen molar-refractivity contribution in [3.05, 3.63) is 35.5 Å². The van der Waals surface area contributed by atoms with E-state index >= 15 is 0 Å². The summed E-state index contributed by atoms with van der Waals surface area (Å²) in [5, 5.41) is 1.20. The second-order valence-corrected chi connectivity index (χ2v) is 7.99. The number of unbranched alkanes of at least 4 members (excludes halogenated alkanes) is 10. The molecule has 1 aromatic heterocycles. The zero-order valence-electron chi connectivity index (χ0n) is 17.6. The molecule has 0 radical (unpaired) electrons. The number of hydrogen-bond donors (Lipinski definition) is 0. The molecule has 27 heavy (non-hydrogen) atoms. The molecule has 0 spiro atoms. The van der Waals surface area contributed by atoms with E-state index in [-0.39, 0.29) is 0 Å². The molecule has 0 bridgehead atoms. The van der Waals surface area contributed by atoms with Crippen molar-refractivity contribution in [3.8, 4) is 0 Å². The number of aromatic nitrogens is 1. The van der Waals surface area contributed by atoms with Crippen LogP contribution in [0.2, 0.25) is 0 Å². The lowest BCUT2D eigenvalue weighted by molar-refractivity contribution is 0.112. The summed E-state index contributed by atoms with van der Waals surface area (Å²) in [5.41, 5.74) is 3.47. The first-order valence-corrected chi connectivity index (χ1v) is 11.4. The Hall–Kier alpha value is -1.57. The second kappa shape index (κ2) is 12.8. The zero-order chi connectivity index (χ0) is 19.3. The maximum absolute atomic E-state index is 11.7. The predicted molar refractivity (Wildman–Crippen MR) is 118 cm³/mol. The van der Waals surface area contributed by atoms with E-state index in [0.29, 0.717) is 0 Å². The molecule has 0 N–H and O–H groups in total. The number of carbonyl (C=O) groups excluding carboxylic acids is 1. The van der Waals surface area contributed by atoms with Crippen LogP contribution in [0.3, 0.4) is 0 Å². The van der Waals surface area contributed by atoms with Crippen molar-refractivity contribution in [2.75, 3.05) is 0 Å². The van der Waals surface area contributed by atoms with Crippen LogP contribution in [0.4, 0.5) is 0 Å². The molecule has 150 valence electrons. The summed E-state index contributed by atoms with van der Waals surface area (Å²) in [4.78, 5) is 11.7. The Balaban J connectivity index is 1.96. The molecule has 0 unspecified atom stereocenters. The van der Waals surface area contributed by atoms with Crippen LogP contribution >= 0.6 is 0 Å². The van der Waals surface area contributed by atoms with Gasteiger partial charge in [0.1, 0.15) is 0 Å². The molecule has 2 nitrogen and oxygen atoms in total. The van der Waals surface area contributed by atoms with Gasteiger partial charge in [0.2, 0.25) is 0 Å². The quantitative estimate of drug-likeness (QED) is 0.233. The minimum Gasteiger partial charge on any atom is -0.347 e. The molecule has 0 saturated carbocycles. The Labute approximate surface area is 166 Å². The third kappa shape index (κ3) is 6.83. The highest BCUT2D eigenvalue weighted by Crippen LogP contribution is 2.26. The van der Waals surface area contributed by atoms with E-state index in [9.17, 15) is 4.79 Å². The van der Waals surface area contributed by atoms with Gasteiger partial charge in [-0.1, -0.05) is 90.2 Å². The monoisotopic (exact) mass is 369 g/mol. The van der Waals surface area contributed by atoms with Crippen LogP contribution in [0, 0.1) is 0 Å². The topological polar surface area (TPSA) is 22.0 Å². The molecule has 2 aromatic rings. The van der Waals surface area contributed by atoms with Gasteiger partial charge >= 0.3 is 0 Å². The van der Waals surface area contributed by atoms with E-state index in [2.05, 4.69) is 42.8 Å². The fourth-order valence-corrected chi connectivity index (χ4v) is 4.10. The van der Waals surface area contributed by atoms with E-state index in [1.54, 1.807) is 0 Å². The van der Waals surface area contributed by atoms with Crippen molar-refractivity contribution in [2.45, 2.75) is 104 Å². The molecule has 2 rings (SSSR count). The van der Waals surface area contributed by atoms with Gasteiger partial charge < -0.3 is 4.57 Å². The van der Waals surface area contributed by atoms with Gasteiger partial charge in [-0.15, -0.1) is 0 Å². The van der Waals surface area contributed by atoms with Gasteiger partial charge in [0.05, 0.1) is 0 Å². The first-order chi connectivity index (χ1) is 13.3. The molecule has 0 saturated heterocycles. The van der Waals surface area contributed by atoms with Gasteiger partial charge in [-0.25, -0.2) is 0 Å². The Morgan fingerprint density at radius 2 is 1.44 bits per heavy atom. The Morgan fingerprint density at radius 3 is 2.11 bits per heavy atom. The average molecular weight is 370 g/mol. The number of fused-ring (bicyclic) bond motifs is 1. The minimum absolute atomic E-state index is 0.873. The van der Waals surface area contributed by atoms with Crippen molar-refractivity contribution in [3.63, 3.8) is 0 Å². The number of nitrogens with zero attached hydrogens (tertiary/aromatic N) is 1. The maximum atomic E-state index is 11.7. The Kier molecular flexibility index (Phi) is 10.3. The molecule has 1 aromatic carbocycles.